The van der Waals surface area contributed by atoms with Crippen LogP contribution in [0.1, 0.15) is 29.6 Å². The topological polar surface area (TPSA) is 70.8 Å². The molecule has 0 spiro atoms. The maximum absolute atomic E-state index is 11.5. The minimum atomic E-state index is -0.461. The van der Waals surface area contributed by atoms with Gasteiger partial charge in [0, 0.05) is 6.61 Å². The van der Waals surface area contributed by atoms with Gasteiger partial charge in [0.1, 0.15) is 12.4 Å². The zero-order valence-electron chi connectivity index (χ0n) is 11.1. The summed E-state index contributed by atoms with van der Waals surface area (Å²) in [7, 11) is 1.32. The number of anilines is 1. The number of carbonyl (C=O) groups excluding carboxylic acids is 1. The quantitative estimate of drug-likeness (QED) is 0.666. The second kappa shape index (κ2) is 6.43. The van der Waals surface area contributed by atoms with Crippen LogP contribution in [-0.4, -0.2) is 32.4 Å². The molecule has 1 saturated heterocycles. The highest BCUT2D eigenvalue weighted by Gasteiger charge is 2.17. The Morgan fingerprint density at radius 2 is 2.32 bits per heavy atom. The third kappa shape index (κ3) is 3.38. The van der Waals surface area contributed by atoms with Gasteiger partial charge in [0.05, 0.1) is 24.5 Å². The van der Waals surface area contributed by atoms with Crippen LogP contribution in [0.2, 0.25) is 0 Å². The summed E-state index contributed by atoms with van der Waals surface area (Å²) in [4.78, 5) is 11.5. The van der Waals surface area contributed by atoms with Crippen molar-refractivity contribution in [1.29, 1.82) is 0 Å². The van der Waals surface area contributed by atoms with Gasteiger partial charge >= 0.3 is 5.97 Å². The van der Waals surface area contributed by atoms with Crippen LogP contribution in [0.15, 0.2) is 18.2 Å². The molecule has 1 atom stereocenters. The van der Waals surface area contributed by atoms with Crippen molar-refractivity contribution in [1.82, 2.24) is 0 Å². The molecule has 1 fully saturated rings. The van der Waals surface area contributed by atoms with Crippen molar-refractivity contribution >= 4 is 11.7 Å². The summed E-state index contributed by atoms with van der Waals surface area (Å²) >= 11 is 0. The number of hydrogen-bond donors (Lipinski definition) is 1. The Morgan fingerprint density at radius 3 is 3.00 bits per heavy atom. The van der Waals surface area contributed by atoms with E-state index in [0.717, 1.165) is 25.9 Å². The molecule has 104 valence electrons. The predicted octanol–water partition coefficient (Wildman–Crippen LogP) is 2.00. The van der Waals surface area contributed by atoms with Crippen LogP contribution in [-0.2, 0) is 9.47 Å². The van der Waals surface area contributed by atoms with Crippen molar-refractivity contribution < 1.29 is 19.0 Å². The fourth-order valence-corrected chi connectivity index (χ4v) is 2.08. The number of nitrogens with two attached hydrogens (primary N) is 1. The highest BCUT2D eigenvalue weighted by Crippen LogP contribution is 2.26. The highest BCUT2D eigenvalue weighted by atomic mass is 16.5. The number of ether oxygens (including phenoxy) is 3. The van der Waals surface area contributed by atoms with Crippen LogP contribution in [0.5, 0.6) is 5.75 Å². The van der Waals surface area contributed by atoms with Crippen molar-refractivity contribution in [2.24, 2.45) is 0 Å². The minimum Gasteiger partial charge on any atom is -0.489 e. The van der Waals surface area contributed by atoms with E-state index in [0.29, 0.717) is 23.6 Å². The summed E-state index contributed by atoms with van der Waals surface area (Å²) in [6.07, 6.45) is 3.37. The Bertz CT molecular complexity index is 441. The van der Waals surface area contributed by atoms with Crippen molar-refractivity contribution in [2.75, 3.05) is 26.1 Å². The summed E-state index contributed by atoms with van der Waals surface area (Å²) < 4.78 is 15.9. The number of methoxy groups -OCH3 is 1. The molecule has 2 N–H and O–H groups in total. The van der Waals surface area contributed by atoms with E-state index < -0.39 is 5.97 Å². The van der Waals surface area contributed by atoms with Crippen molar-refractivity contribution in [2.45, 2.75) is 25.4 Å². The van der Waals surface area contributed by atoms with E-state index in [4.69, 9.17) is 15.2 Å². The van der Waals surface area contributed by atoms with Gasteiger partial charge in [-0.2, -0.15) is 0 Å². The Morgan fingerprint density at radius 1 is 1.47 bits per heavy atom. The molecule has 19 heavy (non-hydrogen) atoms. The molecule has 1 unspecified atom stereocenters. The maximum atomic E-state index is 11.5. The highest BCUT2D eigenvalue weighted by molar-refractivity contribution is 5.96. The van der Waals surface area contributed by atoms with Gasteiger partial charge in [-0.3, -0.25) is 0 Å². The van der Waals surface area contributed by atoms with Gasteiger partial charge < -0.3 is 19.9 Å². The second-order valence-electron chi connectivity index (χ2n) is 4.51. The van der Waals surface area contributed by atoms with Crippen LogP contribution >= 0.6 is 0 Å². The lowest BCUT2D eigenvalue weighted by Gasteiger charge is -2.23. The molecule has 0 bridgehead atoms. The molecular weight excluding hydrogens is 246 g/mol. The van der Waals surface area contributed by atoms with E-state index in [9.17, 15) is 4.79 Å². The summed E-state index contributed by atoms with van der Waals surface area (Å²) in [6.45, 7) is 1.24. The lowest BCUT2D eigenvalue weighted by molar-refractivity contribution is -0.0109. The second-order valence-corrected chi connectivity index (χ2v) is 4.51. The van der Waals surface area contributed by atoms with Crippen LogP contribution in [0.25, 0.3) is 0 Å². The molecule has 0 amide bonds. The lowest BCUT2D eigenvalue weighted by atomic mass is 10.1. The van der Waals surface area contributed by atoms with E-state index in [-0.39, 0.29) is 6.10 Å². The van der Waals surface area contributed by atoms with Gasteiger partial charge in [0.2, 0.25) is 0 Å². The Hall–Kier alpha value is -1.75. The van der Waals surface area contributed by atoms with Gasteiger partial charge in [-0.1, -0.05) is 6.07 Å². The summed E-state index contributed by atoms with van der Waals surface area (Å²) in [5.74, 6) is 0.0361. The molecule has 1 heterocycles. The van der Waals surface area contributed by atoms with Gasteiger partial charge in [-0.25, -0.2) is 4.79 Å². The first-order valence-corrected chi connectivity index (χ1v) is 6.43. The van der Waals surface area contributed by atoms with Gasteiger partial charge in [0.25, 0.3) is 0 Å². The molecule has 0 aromatic heterocycles. The third-order valence-corrected chi connectivity index (χ3v) is 3.17. The van der Waals surface area contributed by atoms with E-state index in [1.807, 2.05) is 0 Å². The molecule has 0 radical (unpaired) electrons. The molecule has 5 nitrogen and oxygen atoms in total. The molecule has 5 heteroatoms. The normalized spacial score (nSPS) is 18.9. The molecule has 1 aliphatic rings. The van der Waals surface area contributed by atoms with Crippen LogP contribution in [0.4, 0.5) is 5.69 Å². The van der Waals surface area contributed by atoms with E-state index >= 15 is 0 Å². The number of esters is 1. The SMILES string of the molecule is COC(=O)c1cccc(OCC2CCCCO2)c1N. The van der Waals surface area contributed by atoms with E-state index in [2.05, 4.69) is 4.74 Å². The van der Waals surface area contributed by atoms with Gasteiger partial charge in [-0.15, -0.1) is 0 Å². The maximum Gasteiger partial charge on any atom is 0.340 e. The average Bonchev–Trinajstić information content (AvgIpc) is 2.46. The van der Waals surface area contributed by atoms with Gasteiger partial charge in [0.15, 0.2) is 0 Å². The van der Waals surface area contributed by atoms with Gasteiger partial charge in [-0.05, 0) is 31.4 Å². The van der Waals surface area contributed by atoms with Crippen molar-refractivity contribution in [3.8, 4) is 5.75 Å². The van der Waals surface area contributed by atoms with Crippen LogP contribution < -0.4 is 10.5 Å². The molecule has 0 saturated carbocycles. The zero-order valence-corrected chi connectivity index (χ0v) is 11.1. The molecule has 1 aromatic rings. The monoisotopic (exact) mass is 265 g/mol. The number of benzene rings is 1. The van der Waals surface area contributed by atoms with E-state index in [1.54, 1.807) is 18.2 Å². The smallest absolute Gasteiger partial charge is 0.340 e. The van der Waals surface area contributed by atoms with Crippen LogP contribution in [0.3, 0.4) is 0 Å². The fraction of sp³-hybridized carbons (Fsp3) is 0.500. The largest absolute Gasteiger partial charge is 0.489 e. The first-order valence-electron chi connectivity index (χ1n) is 6.43. The average molecular weight is 265 g/mol. The summed E-state index contributed by atoms with van der Waals surface area (Å²) in [6, 6.07) is 5.08. The number of hydrogen-bond acceptors (Lipinski definition) is 5. The molecule has 0 aliphatic carbocycles. The molecule has 2 rings (SSSR count). The zero-order chi connectivity index (χ0) is 13.7. The lowest BCUT2D eigenvalue weighted by Crippen LogP contribution is -2.26. The number of carbonyl (C=O) groups is 1. The number of nitrogen functional groups attached to an aromatic ring is 1. The Kier molecular flexibility index (Phi) is 4.63. The van der Waals surface area contributed by atoms with Crippen molar-refractivity contribution in [3.63, 3.8) is 0 Å². The van der Waals surface area contributed by atoms with Crippen LogP contribution in [0, 0.1) is 0 Å². The molecule has 1 aliphatic heterocycles. The first kappa shape index (κ1) is 13.7. The summed E-state index contributed by atoms with van der Waals surface area (Å²) in [5.41, 5.74) is 6.54. The standard InChI is InChI=1S/C14H19NO4/c1-17-14(16)11-6-4-7-12(13(11)15)19-9-10-5-2-3-8-18-10/h4,6-7,10H,2-3,5,8-9,15H2,1H3. The number of rotatable bonds is 4. The third-order valence-electron chi connectivity index (χ3n) is 3.17. The minimum absolute atomic E-state index is 0.106. The molecule has 1 aromatic carbocycles. The Balaban J connectivity index is 2.01. The molecular formula is C14H19NO4. The van der Waals surface area contributed by atoms with Crippen molar-refractivity contribution in [3.05, 3.63) is 23.8 Å². The summed E-state index contributed by atoms with van der Waals surface area (Å²) in [5, 5.41) is 0. The predicted molar refractivity (Wildman–Crippen MR) is 71.3 cm³/mol. The fourth-order valence-electron chi connectivity index (χ4n) is 2.08. The Labute approximate surface area is 112 Å². The van der Waals surface area contributed by atoms with E-state index in [1.165, 1.54) is 7.11 Å². The first-order chi connectivity index (χ1) is 9.22. The number of para-hydroxylation sites is 1.